The van der Waals surface area contributed by atoms with Crippen LogP contribution in [0.15, 0.2) is 36.5 Å². The highest BCUT2D eigenvalue weighted by atomic mass is 15.3. The zero-order valence-electron chi connectivity index (χ0n) is 19.1. The number of nitrogens with one attached hydrogen (secondary N) is 1. The summed E-state index contributed by atoms with van der Waals surface area (Å²) in [5, 5.41) is 0. The third-order valence-corrected chi connectivity index (χ3v) is 7.83. The lowest BCUT2D eigenvalue weighted by Gasteiger charge is -2.38. The van der Waals surface area contributed by atoms with Crippen LogP contribution in [0, 0.1) is 0 Å². The Morgan fingerprint density at radius 1 is 1.09 bits per heavy atom. The van der Waals surface area contributed by atoms with Crippen molar-refractivity contribution in [1.82, 2.24) is 24.8 Å². The number of pyridine rings is 1. The zero-order chi connectivity index (χ0) is 21.5. The van der Waals surface area contributed by atoms with Gasteiger partial charge in [-0.3, -0.25) is 14.8 Å². The number of aryl methyl sites for hydroxylation is 1. The average Bonchev–Trinajstić information content (AvgIpc) is 3.48. The molecule has 6 rings (SSSR count). The number of hydrogen-bond donors (Lipinski definition) is 1. The summed E-state index contributed by atoms with van der Waals surface area (Å²) in [7, 11) is 0. The van der Waals surface area contributed by atoms with E-state index in [9.17, 15) is 0 Å². The molecule has 168 valence electrons. The molecule has 0 radical (unpaired) electrons. The minimum atomic E-state index is 0.382. The standard InChI is InChI=1S/C26H34N6/c1-2-30(22-11-3-7-19-8-5-13-27-25(19)22)18-24-28-21-10-4-12-23(26(21)29-24)32-16-15-31-14-6-9-20(31)17-32/h4-5,8,10,12-13,20,22H,2-3,6-7,9,11,14-18H2,1H3,(H,28,29)/t20-,22+/m1/s1. The molecule has 2 fully saturated rings. The van der Waals surface area contributed by atoms with Gasteiger partial charge < -0.3 is 9.88 Å². The van der Waals surface area contributed by atoms with Gasteiger partial charge in [0.15, 0.2) is 0 Å². The lowest BCUT2D eigenvalue weighted by molar-refractivity contribution is 0.171. The molecule has 0 saturated carbocycles. The number of para-hydroxylation sites is 1. The summed E-state index contributed by atoms with van der Waals surface area (Å²) in [5.41, 5.74) is 6.27. The van der Waals surface area contributed by atoms with Gasteiger partial charge in [-0.2, -0.15) is 0 Å². The zero-order valence-corrected chi connectivity index (χ0v) is 19.1. The third-order valence-electron chi connectivity index (χ3n) is 7.83. The lowest BCUT2D eigenvalue weighted by Crippen LogP contribution is -2.50. The second-order valence-electron chi connectivity index (χ2n) is 9.65. The van der Waals surface area contributed by atoms with E-state index in [1.54, 1.807) is 0 Å². The van der Waals surface area contributed by atoms with Crippen LogP contribution in [0.5, 0.6) is 0 Å². The molecule has 2 atom stereocenters. The number of fused-ring (bicyclic) bond motifs is 3. The maximum atomic E-state index is 5.14. The van der Waals surface area contributed by atoms with Gasteiger partial charge in [0.05, 0.1) is 29.5 Å². The second-order valence-corrected chi connectivity index (χ2v) is 9.65. The van der Waals surface area contributed by atoms with Crippen LogP contribution < -0.4 is 4.90 Å². The van der Waals surface area contributed by atoms with E-state index in [4.69, 9.17) is 9.97 Å². The molecule has 0 spiro atoms. The average molecular weight is 431 g/mol. The Morgan fingerprint density at radius 3 is 3.00 bits per heavy atom. The highest BCUT2D eigenvalue weighted by molar-refractivity contribution is 5.89. The number of piperazine rings is 1. The van der Waals surface area contributed by atoms with Crippen LogP contribution in [-0.4, -0.2) is 63.5 Å². The molecule has 3 aromatic rings. The van der Waals surface area contributed by atoms with Crippen molar-refractivity contribution in [3.05, 3.63) is 53.6 Å². The molecule has 1 aromatic carbocycles. The molecule has 2 aromatic heterocycles. The maximum absolute atomic E-state index is 5.14. The first-order valence-electron chi connectivity index (χ1n) is 12.4. The molecular formula is C26H34N6. The van der Waals surface area contributed by atoms with Crippen molar-refractivity contribution >= 4 is 16.7 Å². The smallest absolute Gasteiger partial charge is 0.121 e. The van der Waals surface area contributed by atoms with Crippen LogP contribution in [0.25, 0.3) is 11.0 Å². The highest BCUT2D eigenvalue weighted by Crippen LogP contribution is 2.34. The Hall–Kier alpha value is -2.44. The van der Waals surface area contributed by atoms with E-state index < -0.39 is 0 Å². The molecule has 0 amide bonds. The fraction of sp³-hybridized carbons (Fsp3) is 0.538. The first-order valence-corrected chi connectivity index (χ1v) is 12.4. The van der Waals surface area contributed by atoms with E-state index in [2.05, 4.69) is 56.9 Å². The molecule has 4 heterocycles. The fourth-order valence-electron chi connectivity index (χ4n) is 6.18. The second kappa shape index (κ2) is 8.49. The lowest BCUT2D eigenvalue weighted by atomic mass is 9.91. The van der Waals surface area contributed by atoms with E-state index in [-0.39, 0.29) is 0 Å². The monoisotopic (exact) mass is 430 g/mol. The summed E-state index contributed by atoms with van der Waals surface area (Å²) in [6, 6.07) is 12.0. The molecule has 1 aliphatic carbocycles. The molecule has 2 saturated heterocycles. The van der Waals surface area contributed by atoms with Crippen LogP contribution in [0.1, 0.15) is 55.7 Å². The van der Waals surface area contributed by atoms with Crippen molar-refractivity contribution in [3.8, 4) is 0 Å². The van der Waals surface area contributed by atoms with Crippen molar-refractivity contribution in [2.75, 3.05) is 37.6 Å². The largest absolute Gasteiger partial charge is 0.367 e. The van der Waals surface area contributed by atoms with Crippen LogP contribution in [0.4, 0.5) is 5.69 Å². The van der Waals surface area contributed by atoms with Crippen LogP contribution in [0.3, 0.4) is 0 Å². The molecule has 2 aliphatic heterocycles. The molecule has 1 N–H and O–H groups in total. The Kier molecular flexibility index (Phi) is 5.35. The number of benzene rings is 1. The van der Waals surface area contributed by atoms with Crippen LogP contribution in [0.2, 0.25) is 0 Å². The molecular weight excluding hydrogens is 396 g/mol. The number of H-pyrrole nitrogens is 1. The Balaban J connectivity index is 1.26. The number of anilines is 1. The third kappa shape index (κ3) is 3.59. The van der Waals surface area contributed by atoms with Gasteiger partial charge in [-0.1, -0.05) is 19.1 Å². The number of hydrogen-bond acceptors (Lipinski definition) is 5. The summed E-state index contributed by atoms with van der Waals surface area (Å²) >= 11 is 0. The van der Waals surface area contributed by atoms with E-state index in [0.29, 0.717) is 12.1 Å². The Morgan fingerprint density at radius 2 is 2.06 bits per heavy atom. The normalized spacial score (nSPS) is 23.6. The SMILES string of the molecule is CCN(Cc1nc2c(N3CCN4CCC[C@@H]4C3)cccc2[nH]1)[C@H]1CCCc2cccnc21. The van der Waals surface area contributed by atoms with E-state index in [0.717, 1.165) is 49.5 Å². The van der Waals surface area contributed by atoms with E-state index in [1.807, 2.05) is 6.20 Å². The van der Waals surface area contributed by atoms with Crippen molar-refractivity contribution in [1.29, 1.82) is 0 Å². The van der Waals surface area contributed by atoms with Crippen molar-refractivity contribution < 1.29 is 0 Å². The van der Waals surface area contributed by atoms with Gasteiger partial charge in [0.25, 0.3) is 0 Å². The van der Waals surface area contributed by atoms with Crippen LogP contribution in [-0.2, 0) is 13.0 Å². The number of aromatic amines is 1. The Bertz CT molecular complexity index is 1090. The molecule has 0 unspecified atom stereocenters. The molecule has 6 heteroatoms. The Labute approximate surface area is 190 Å². The fourth-order valence-corrected chi connectivity index (χ4v) is 6.18. The van der Waals surface area contributed by atoms with E-state index >= 15 is 0 Å². The van der Waals surface area contributed by atoms with Crippen LogP contribution >= 0.6 is 0 Å². The van der Waals surface area contributed by atoms with Gasteiger partial charge in [-0.25, -0.2) is 4.98 Å². The highest BCUT2D eigenvalue weighted by Gasteiger charge is 2.32. The van der Waals surface area contributed by atoms with E-state index in [1.165, 1.54) is 55.7 Å². The van der Waals surface area contributed by atoms with Gasteiger partial charge in [0.1, 0.15) is 11.3 Å². The van der Waals surface area contributed by atoms with Crippen molar-refractivity contribution in [2.24, 2.45) is 0 Å². The predicted molar refractivity (Wildman–Crippen MR) is 129 cm³/mol. The molecule has 0 bridgehead atoms. The van der Waals surface area contributed by atoms with Gasteiger partial charge in [-0.15, -0.1) is 0 Å². The quantitative estimate of drug-likeness (QED) is 0.659. The summed E-state index contributed by atoms with van der Waals surface area (Å²) < 4.78 is 0. The predicted octanol–water partition coefficient (Wildman–Crippen LogP) is 4.14. The maximum Gasteiger partial charge on any atom is 0.121 e. The first-order chi connectivity index (χ1) is 15.8. The number of imidazole rings is 1. The first kappa shape index (κ1) is 20.2. The number of aromatic nitrogens is 3. The summed E-state index contributed by atoms with van der Waals surface area (Å²) in [4.78, 5) is 21.3. The van der Waals surface area contributed by atoms with Gasteiger partial charge >= 0.3 is 0 Å². The van der Waals surface area contributed by atoms with Gasteiger partial charge in [0.2, 0.25) is 0 Å². The number of nitrogens with zero attached hydrogens (tertiary/aromatic N) is 5. The summed E-state index contributed by atoms with van der Waals surface area (Å²) in [6.07, 6.45) is 8.19. The summed E-state index contributed by atoms with van der Waals surface area (Å²) in [6.45, 7) is 8.77. The molecule has 32 heavy (non-hydrogen) atoms. The van der Waals surface area contributed by atoms with Gasteiger partial charge in [-0.05, 0) is 69.0 Å². The molecule has 6 nitrogen and oxygen atoms in total. The van der Waals surface area contributed by atoms with Crippen molar-refractivity contribution in [3.63, 3.8) is 0 Å². The molecule has 3 aliphatic rings. The summed E-state index contributed by atoms with van der Waals surface area (Å²) in [5.74, 6) is 1.07. The number of rotatable bonds is 5. The minimum Gasteiger partial charge on any atom is -0.367 e. The minimum absolute atomic E-state index is 0.382. The van der Waals surface area contributed by atoms with Crippen molar-refractivity contribution in [2.45, 2.75) is 57.7 Å². The van der Waals surface area contributed by atoms with Gasteiger partial charge in [0, 0.05) is 31.9 Å². The topological polar surface area (TPSA) is 51.3 Å².